The number of pyridine rings is 1. The summed E-state index contributed by atoms with van der Waals surface area (Å²) in [5.41, 5.74) is -3.70. The Bertz CT molecular complexity index is 1530. The first-order valence-corrected chi connectivity index (χ1v) is 10.3. The summed E-state index contributed by atoms with van der Waals surface area (Å²) in [7, 11) is 0. The predicted octanol–water partition coefficient (Wildman–Crippen LogP) is 3.99. The molecule has 0 spiro atoms. The van der Waals surface area contributed by atoms with Crippen molar-refractivity contribution in [3.63, 3.8) is 0 Å². The van der Waals surface area contributed by atoms with Crippen molar-refractivity contribution in [2.45, 2.75) is 38.4 Å². The van der Waals surface area contributed by atoms with Gasteiger partial charge in [0.25, 0.3) is 0 Å². The molecule has 170 valence electrons. The largest absolute Gasteiger partial charge is 0.422 e. The molecule has 33 heavy (non-hydrogen) atoms. The molecule has 5 nitrogen and oxygen atoms in total. The Morgan fingerprint density at radius 3 is 2.58 bits per heavy atom. The van der Waals surface area contributed by atoms with Gasteiger partial charge in [-0.3, -0.25) is 4.40 Å². The monoisotopic (exact) mass is 462 g/mol. The SMILES string of the molecule is CCC1(CC)C(=c2oc(=O)c3cncn23)c2cc(F)c(C(F)(F)F)c(F)c2-c2cccc[n+]21. The fourth-order valence-electron chi connectivity index (χ4n) is 4.94. The number of rotatable bonds is 2. The third-order valence-corrected chi connectivity index (χ3v) is 6.45. The molecule has 0 saturated heterocycles. The van der Waals surface area contributed by atoms with Gasteiger partial charge in [-0.15, -0.1) is 0 Å². The number of imidazole rings is 1. The van der Waals surface area contributed by atoms with Crippen molar-refractivity contribution in [2.24, 2.45) is 0 Å². The fraction of sp³-hybridized carbons (Fsp3) is 0.261. The summed E-state index contributed by atoms with van der Waals surface area (Å²) >= 11 is 0. The number of fused-ring (bicyclic) bond motifs is 4. The van der Waals surface area contributed by atoms with Crippen molar-refractivity contribution in [2.75, 3.05) is 0 Å². The lowest BCUT2D eigenvalue weighted by Gasteiger charge is -2.34. The third kappa shape index (κ3) is 2.72. The lowest BCUT2D eigenvalue weighted by Crippen LogP contribution is -2.61. The molecular formula is C23H17F5N3O2+. The zero-order valence-electron chi connectivity index (χ0n) is 17.5. The van der Waals surface area contributed by atoms with Crippen molar-refractivity contribution in [3.05, 3.63) is 81.7 Å². The van der Waals surface area contributed by atoms with E-state index in [1.165, 1.54) is 23.0 Å². The molecule has 0 atom stereocenters. The Morgan fingerprint density at radius 1 is 1.18 bits per heavy atom. The van der Waals surface area contributed by atoms with Gasteiger partial charge in [0.1, 0.15) is 17.7 Å². The summed E-state index contributed by atoms with van der Waals surface area (Å²) in [5.74, 6) is -3.45. The molecule has 1 aromatic carbocycles. The van der Waals surface area contributed by atoms with Gasteiger partial charge in [0.2, 0.25) is 11.2 Å². The predicted molar refractivity (Wildman–Crippen MR) is 107 cm³/mol. The summed E-state index contributed by atoms with van der Waals surface area (Å²) in [6.07, 6.45) is -0.204. The average Bonchev–Trinajstić information content (AvgIpc) is 3.36. The molecule has 5 rings (SSSR count). The molecule has 0 aliphatic carbocycles. The molecule has 0 bridgehead atoms. The topological polar surface area (TPSA) is 51.4 Å². The molecule has 4 aromatic rings. The quantitative estimate of drug-likeness (QED) is 0.335. The molecule has 0 unspecified atom stereocenters. The Labute approximate surface area is 183 Å². The van der Waals surface area contributed by atoms with Crippen LogP contribution < -0.4 is 15.7 Å². The fourth-order valence-corrected chi connectivity index (χ4v) is 4.94. The zero-order chi connectivity index (χ0) is 23.7. The molecular weight excluding hydrogens is 445 g/mol. The van der Waals surface area contributed by atoms with Crippen LogP contribution in [0.3, 0.4) is 0 Å². The maximum atomic E-state index is 15.5. The summed E-state index contributed by atoms with van der Waals surface area (Å²) in [4.78, 5) is 16.4. The van der Waals surface area contributed by atoms with Crippen molar-refractivity contribution >= 4 is 11.1 Å². The van der Waals surface area contributed by atoms with Gasteiger partial charge >= 0.3 is 11.8 Å². The number of aromatic nitrogens is 3. The van der Waals surface area contributed by atoms with E-state index < -0.39 is 40.1 Å². The maximum Gasteiger partial charge on any atom is 0.422 e. The third-order valence-electron chi connectivity index (χ3n) is 6.45. The first-order valence-electron chi connectivity index (χ1n) is 10.3. The van der Waals surface area contributed by atoms with Crippen LogP contribution in [0, 0.1) is 11.6 Å². The molecule has 10 heteroatoms. The lowest BCUT2D eigenvalue weighted by atomic mass is 9.74. The highest BCUT2D eigenvalue weighted by Crippen LogP contribution is 2.47. The Balaban J connectivity index is 2.09. The first kappa shape index (κ1) is 21.3. The number of hydrogen-bond acceptors (Lipinski definition) is 3. The molecule has 0 fully saturated rings. The van der Waals surface area contributed by atoms with Crippen LogP contribution in [0.1, 0.15) is 37.8 Å². The van der Waals surface area contributed by atoms with E-state index in [-0.39, 0.29) is 27.9 Å². The normalized spacial score (nSPS) is 16.7. The van der Waals surface area contributed by atoms with Crippen molar-refractivity contribution in [1.82, 2.24) is 9.38 Å². The standard InChI is InChI=1S/C23H17F5N3O2/c1-3-22(4-2)17(20-30-11-29-10-15(30)21(32)33-20)12-9-13(24)18(23(26,27)28)19(25)16(12)14-7-5-6-8-31(14)22/h5-11H,3-4H2,1-2H3/q+1. The van der Waals surface area contributed by atoms with E-state index in [4.69, 9.17) is 4.42 Å². The van der Waals surface area contributed by atoms with E-state index in [0.717, 1.165) is 0 Å². The first-order chi connectivity index (χ1) is 15.7. The second-order valence-electron chi connectivity index (χ2n) is 7.88. The average molecular weight is 462 g/mol. The summed E-state index contributed by atoms with van der Waals surface area (Å²) < 4.78 is 79.5. The van der Waals surface area contributed by atoms with Crippen molar-refractivity contribution in [1.29, 1.82) is 0 Å². The van der Waals surface area contributed by atoms with E-state index in [9.17, 15) is 22.4 Å². The molecule has 1 aliphatic rings. The van der Waals surface area contributed by atoms with Gasteiger partial charge in [-0.25, -0.2) is 18.6 Å². The van der Waals surface area contributed by atoms with Crippen LogP contribution in [-0.4, -0.2) is 9.38 Å². The minimum atomic E-state index is -5.24. The molecule has 0 radical (unpaired) electrons. The summed E-state index contributed by atoms with van der Waals surface area (Å²) in [6.45, 7) is 3.70. The molecule has 4 heterocycles. The molecule has 3 aromatic heterocycles. The van der Waals surface area contributed by atoms with Crippen LogP contribution in [0.2, 0.25) is 0 Å². The van der Waals surface area contributed by atoms with Crippen LogP contribution in [0.4, 0.5) is 22.0 Å². The van der Waals surface area contributed by atoms with Gasteiger partial charge in [-0.05, 0) is 12.1 Å². The highest BCUT2D eigenvalue weighted by atomic mass is 19.4. The number of oxazole rings is 1. The van der Waals surface area contributed by atoms with Crippen LogP contribution in [0.15, 0.2) is 52.2 Å². The molecule has 0 N–H and O–H groups in total. The number of benzene rings is 1. The Morgan fingerprint density at radius 2 is 1.91 bits per heavy atom. The lowest BCUT2D eigenvalue weighted by molar-refractivity contribution is -0.741. The number of halogens is 5. The minimum Gasteiger partial charge on any atom is -0.404 e. The van der Waals surface area contributed by atoms with Crippen molar-refractivity contribution in [3.8, 4) is 11.3 Å². The van der Waals surface area contributed by atoms with Crippen molar-refractivity contribution < 1.29 is 30.9 Å². The minimum absolute atomic E-state index is 0.0296. The van der Waals surface area contributed by atoms with Crippen LogP contribution >= 0.6 is 0 Å². The Kier molecular flexibility index (Phi) is 4.50. The van der Waals surface area contributed by atoms with Gasteiger partial charge in [-0.2, -0.15) is 17.7 Å². The highest BCUT2D eigenvalue weighted by Gasteiger charge is 2.52. The van der Waals surface area contributed by atoms with Crippen LogP contribution in [0.25, 0.3) is 22.3 Å². The van der Waals surface area contributed by atoms with Gasteiger partial charge in [0.15, 0.2) is 23.1 Å². The van der Waals surface area contributed by atoms with Crippen LogP contribution in [-0.2, 0) is 11.7 Å². The highest BCUT2D eigenvalue weighted by molar-refractivity contribution is 5.84. The van der Waals surface area contributed by atoms with E-state index in [1.54, 1.807) is 22.9 Å². The number of alkyl halides is 3. The molecule has 0 amide bonds. The van der Waals surface area contributed by atoms with Gasteiger partial charge in [0.05, 0.1) is 17.3 Å². The molecule has 1 aliphatic heterocycles. The molecule has 0 saturated carbocycles. The smallest absolute Gasteiger partial charge is 0.404 e. The second-order valence-corrected chi connectivity index (χ2v) is 7.88. The summed E-state index contributed by atoms with van der Waals surface area (Å²) in [5, 5.41) is 0. The number of hydrogen-bond donors (Lipinski definition) is 0. The maximum absolute atomic E-state index is 15.5. The van der Waals surface area contributed by atoms with Gasteiger partial charge in [-0.1, -0.05) is 13.8 Å². The zero-order valence-corrected chi connectivity index (χ0v) is 17.5. The second kappa shape index (κ2) is 6.97. The number of nitrogens with zero attached hydrogens (tertiary/aromatic N) is 3. The summed E-state index contributed by atoms with van der Waals surface area (Å²) in [6, 6.07) is 5.42. The van der Waals surface area contributed by atoms with Crippen LogP contribution in [0.5, 0.6) is 0 Å². The van der Waals surface area contributed by atoms with E-state index in [1.807, 2.05) is 13.8 Å². The Hall–Kier alpha value is -3.56. The van der Waals surface area contributed by atoms with E-state index in [0.29, 0.717) is 18.9 Å². The van der Waals surface area contributed by atoms with Gasteiger partial charge < -0.3 is 4.42 Å². The van der Waals surface area contributed by atoms with E-state index in [2.05, 4.69) is 4.98 Å². The van der Waals surface area contributed by atoms with E-state index >= 15 is 4.39 Å². The van der Waals surface area contributed by atoms with Gasteiger partial charge in [0, 0.05) is 30.5 Å².